The van der Waals surface area contributed by atoms with Crippen LogP contribution in [0.15, 0.2) is 54.1 Å². The number of benzene rings is 2. The van der Waals surface area contributed by atoms with Gasteiger partial charge in [-0.1, -0.05) is 24.3 Å². The van der Waals surface area contributed by atoms with Gasteiger partial charge in [0, 0.05) is 23.1 Å². The van der Waals surface area contributed by atoms with E-state index in [2.05, 4.69) is 24.5 Å². The fourth-order valence-electron chi connectivity index (χ4n) is 3.73. The second-order valence-electron chi connectivity index (χ2n) is 7.63. The minimum atomic E-state index is -0.502. The second kappa shape index (κ2) is 7.89. The normalized spacial score (nSPS) is 19.3. The Bertz CT molecular complexity index is 936. The van der Waals surface area contributed by atoms with E-state index in [0.29, 0.717) is 12.2 Å². The number of nitrogens with one attached hydrogen (secondary N) is 1. The van der Waals surface area contributed by atoms with Crippen molar-refractivity contribution in [2.24, 2.45) is 0 Å². The number of fused-ring (bicyclic) bond motifs is 2. The minimum Gasteiger partial charge on any atom is -0.477 e. The number of methoxy groups -OCH3 is 1. The lowest BCUT2D eigenvalue weighted by Gasteiger charge is -2.26. The molecule has 1 N–H and O–H groups in total. The molecule has 1 unspecified atom stereocenters. The predicted molar refractivity (Wildman–Crippen MR) is 110 cm³/mol. The number of esters is 1. The van der Waals surface area contributed by atoms with E-state index in [-0.39, 0.29) is 5.97 Å². The first kappa shape index (κ1) is 19.5. The number of para-hydroxylation sites is 1. The Kier molecular flexibility index (Phi) is 5.30. The van der Waals surface area contributed by atoms with Crippen LogP contribution in [0.2, 0.25) is 0 Å². The quantitative estimate of drug-likeness (QED) is 0.421. The molecule has 1 saturated carbocycles. The largest absolute Gasteiger partial charge is 0.477 e. The number of hydrogen-bond acceptors (Lipinski definition) is 6. The molecule has 4 rings (SSSR count). The molecule has 1 fully saturated rings. The third-order valence-electron chi connectivity index (χ3n) is 5.33. The van der Waals surface area contributed by atoms with Crippen molar-refractivity contribution >= 4 is 11.7 Å². The van der Waals surface area contributed by atoms with Crippen LogP contribution in [0.3, 0.4) is 0 Å². The standard InChI is InChI=1S/C23H26N2O4/c1-25(2)13-6-14-28-24-21-18-7-4-5-8-20(18)29-23(15-19(21)23)17-11-9-16(10-12-17)22(26)27-3/h4-5,7-12,24H,6,13-15H2,1-3H3. The summed E-state index contributed by atoms with van der Waals surface area (Å²) < 4.78 is 11.2. The van der Waals surface area contributed by atoms with Gasteiger partial charge in [-0.25, -0.2) is 4.79 Å². The lowest BCUT2D eigenvalue weighted by atomic mass is 10.00. The van der Waals surface area contributed by atoms with Gasteiger partial charge in [-0.3, -0.25) is 10.3 Å². The minimum absolute atomic E-state index is 0.344. The molecular formula is C23H26N2O4. The Morgan fingerprint density at radius 3 is 2.66 bits per heavy atom. The molecule has 1 aliphatic heterocycles. The average molecular weight is 394 g/mol. The van der Waals surface area contributed by atoms with Gasteiger partial charge >= 0.3 is 5.97 Å². The molecule has 152 valence electrons. The van der Waals surface area contributed by atoms with Crippen molar-refractivity contribution in [1.29, 1.82) is 0 Å². The Labute approximate surface area is 171 Å². The molecule has 0 spiro atoms. The Balaban J connectivity index is 1.57. The molecule has 1 aliphatic carbocycles. The molecule has 0 saturated heterocycles. The van der Waals surface area contributed by atoms with E-state index in [1.54, 1.807) is 12.1 Å². The van der Waals surface area contributed by atoms with E-state index in [4.69, 9.17) is 14.3 Å². The van der Waals surface area contributed by atoms with Gasteiger partial charge in [0.05, 0.1) is 25.0 Å². The summed E-state index contributed by atoms with van der Waals surface area (Å²) in [5, 5.41) is 0. The summed E-state index contributed by atoms with van der Waals surface area (Å²) in [7, 11) is 5.49. The Morgan fingerprint density at radius 2 is 1.93 bits per heavy atom. The lowest BCUT2D eigenvalue weighted by molar-refractivity contribution is 0.0600. The highest BCUT2D eigenvalue weighted by atomic mass is 16.6. The van der Waals surface area contributed by atoms with Crippen LogP contribution in [-0.2, 0) is 15.2 Å². The molecule has 2 aromatic carbocycles. The molecule has 2 aromatic rings. The van der Waals surface area contributed by atoms with Crippen molar-refractivity contribution in [2.45, 2.75) is 18.4 Å². The average Bonchev–Trinajstić information content (AvgIpc) is 3.47. The van der Waals surface area contributed by atoms with E-state index < -0.39 is 5.60 Å². The number of hydrogen-bond donors (Lipinski definition) is 1. The predicted octanol–water partition coefficient (Wildman–Crippen LogP) is 3.35. The van der Waals surface area contributed by atoms with Gasteiger partial charge in [-0.05, 0) is 51.3 Å². The summed E-state index contributed by atoms with van der Waals surface area (Å²) >= 11 is 0. The molecule has 0 bridgehead atoms. The Morgan fingerprint density at radius 1 is 1.17 bits per heavy atom. The van der Waals surface area contributed by atoms with E-state index >= 15 is 0 Å². The van der Waals surface area contributed by atoms with Crippen molar-refractivity contribution < 1.29 is 19.1 Å². The summed E-state index contributed by atoms with van der Waals surface area (Å²) in [5.74, 6) is 0.481. The van der Waals surface area contributed by atoms with Crippen molar-refractivity contribution in [3.63, 3.8) is 0 Å². The van der Waals surface area contributed by atoms with Gasteiger partial charge in [0.15, 0.2) is 5.60 Å². The van der Waals surface area contributed by atoms with Crippen molar-refractivity contribution in [2.75, 3.05) is 34.4 Å². The van der Waals surface area contributed by atoms with Crippen molar-refractivity contribution in [1.82, 2.24) is 10.4 Å². The molecule has 29 heavy (non-hydrogen) atoms. The van der Waals surface area contributed by atoms with Crippen molar-refractivity contribution in [3.8, 4) is 5.75 Å². The first-order valence-corrected chi connectivity index (χ1v) is 9.78. The Hall–Kier alpha value is -2.83. The van der Waals surface area contributed by atoms with Gasteiger partial charge in [0.25, 0.3) is 0 Å². The maximum Gasteiger partial charge on any atom is 0.337 e. The fourth-order valence-corrected chi connectivity index (χ4v) is 3.73. The van der Waals surface area contributed by atoms with Crippen LogP contribution < -0.4 is 10.2 Å². The van der Waals surface area contributed by atoms with Gasteiger partial charge in [0.1, 0.15) is 5.75 Å². The topological polar surface area (TPSA) is 60.0 Å². The van der Waals surface area contributed by atoms with Gasteiger partial charge < -0.3 is 14.4 Å². The van der Waals surface area contributed by atoms with Crippen LogP contribution in [0.25, 0.3) is 5.70 Å². The lowest BCUT2D eigenvalue weighted by Crippen LogP contribution is -2.25. The molecule has 2 aliphatic rings. The van der Waals surface area contributed by atoms with Crippen LogP contribution in [0.1, 0.15) is 34.3 Å². The first-order valence-electron chi connectivity index (χ1n) is 9.78. The molecule has 0 aromatic heterocycles. The van der Waals surface area contributed by atoms with Crippen LogP contribution in [-0.4, -0.2) is 45.2 Å². The summed E-state index contributed by atoms with van der Waals surface area (Å²) in [5.41, 5.74) is 7.37. The highest BCUT2D eigenvalue weighted by Gasteiger charge is 2.58. The maximum atomic E-state index is 11.7. The molecule has 0 radical (unpaired) electrons. The van der Waals surface area contributed by atoms with E-state index in [9.17, 15) is 4.79 Å². The van der Waals surface area contributed by atoms with Gasteiger partial charge in [-0.2, -0.15) is 0 Å². The summed E-state index contributed by atoms with van der Waals surface area (Å²) in [6.07, 6.45) is 1.73. The number of carbonyl (C=O) groups is 1. The molecule has 6 heteroatoms. The number of rotatable bonds is 8. The van der Waals surface area contributed by atoms with E-state index in [1.807, 2.05) is 36.4 Å². The van der Waals surface area contributed by atoms with Crippen LogP contribution in [0.4, 0.5) is 0 Å². The third-order valence-corrected chi connectivity index (χ3v) is 5.33. The molecule has 1 atom stereocenters. The summed E-state index contributed by atoms with van der Waals surface area (Å²) in [6.45, 7) is 1.60. The molecule has 6 nitrogen and oxygen atoms in total. The number of hydroxylamine groups is 1. The molecule has 0 amide bonds. The number of carbonyl (C=O) groups excluding carboxylic acids is 1. The van der Waals surface area contributed by atoms with Crippen LogP contribution >= 0.6 is 0 Å². The summed E-state index contributed by atoms with van der Waals surface area (Å²) in [6, 6.07) is 15.4. The monoisotopic (exact) mass is 394 g/mol. The maximum absolute atomic E-state index is 11.7. The zero-order valence-electron chi connectivity index (χ0n) is 17.0. The zero-order chi connectivity index (χ0) is 20.4. The first-order chi connectivity index (χ1) is 14.0. The van der Waals surface area contributed by atoms with E-state index in [0.717, 1.165) is 47.5 Å². The zero-order valence-corrected chi connectivity index (χ0v) is 17.0. The number of nitrogens with zero attached hydrogens (tertiary/aromatic N) is 1. The van der Waals surface area contributed by atoms with Gasteiger partial charge in [0.2, 0.25) is 0 Å². The highest BCUT2D eigenvalue weighted by molar-refractivity contribution is 5.89. The second-order valence-corrected chi connectivity index (χ2v) is 7.63. The SMILES string of the molecule is COC(=O)c1ccc(C23CC2=C(NOCCCN(C)C)c2ccccc2O3)cc1. The molecular weight excluding hydrogens is 368 g/mol. The van der Waals surface area contributed by atoms with Crippen LogP contribution in [0.5, 0.6) is 5.75 Å². The number of ether oxygens (including phenoxy) is 2. The molecule has 1 heterocycles. The third kappa shape index (κ3) is 3.73. The highest BCUT2D eigenvalue weighted by Crippen LogP contribution is 2.61. The van der Waals surface area contributed by atoms with Crippen molar-refractivity contribution in [3.05, 3.63) is 70.8 Å². The van der Waals surface area contributed by atoms with Gasteiger partial charge in [-0.15, -0.1) is 0 Å². The fraction of sp³-hybridized carbons (Fsp3) is 0.348. The summed E-state index contributed by atoms with van der Waals surface area (Å²) in [4.78, 5) is 19.6. The smallest absolute Gasteiger partial charge is 0.337 e. The van der Waals surface area contributed by atoms with E-state index in [1.165, 1.54) is 7.11 Å². The van der Waals surface area contributed by atoms with Crippen LogP contribution in [0, 0.1) is 0 Å².